The SMILES string of the molecule is CCN(C=O)c1cc(Cl)ccc1C. The average molecular weight is 198 g/mol. The quantitative estimate of drug-likeness (QED) is 0.683. The zero-order valence-electron chi connectivity index (χ0n) is 7.75. The summed E-state index contributed by atoms with van der Waals surface area (Å²) in [5.74, 6) is 0. The number of anilines is 1. The standard InChI is InChI=1S/C10H12ClNO/c1-3-12(7-13)10-6-9(11)5-4-8(10)2/h4-7H,3H2,1-2H3. The molecule has 0 unspecified atom stereocenters. The number of hydrogen-bond donors (Lipinski definition) is 0. The van der Waals surface area contributed by atoms with Crippen molar-refractivity contribution in [1.29, 1.82) is 0 Å². The fraction of sp³-hybridized carbons (Fsp3) is 0.300. The van der Waals surface area contributed by atoms with Gasteiger partial charge in [0.1, 0.15) is 0 Å². The summed E-state index contributed by atoms with van der Waals surface area (Å²) in [5, 5.41) is 0.654. The van der Waals surface area contributed by atoms with Gasteiger partial charge in [-0.15, -0.1) is 0 Å². The van der Waals surface area contributed by atoms with E-state index in [1.165, 1.54) is 0 Å². The highest BCUT2D eigenvalue weighted by atomic mass is 35.5. The van der Waals surface area contributed by atoms with E-state index < -0.39 is 0 Å². The summed E-state index contributed by atoms with van der Waals surface area (Å²) in [6.07, 6.45) is 0.818. The lowest BCUT2D eigenvalue weighted by atomic mass is 10.2. The Labute approximate surface area is 83.1 Å². The van der Waals surface area contributed by atoms with Gasteiger partial charge in [0.25, 0.3) is 0 Å². The molecule has 2 nitrogen and oxygen atoms in total. The summed E-state index contributed by atoms with van der Waals surface area (Å²) in [4.78, 5) is 12.3. The van der Waals surface area contributed by atoms with Gasteiger partial charge < -0.3 is 4.90 Å². The zero-order valence-corrected chi connectivity index (χ0v) is 8.51. The molecule has 70 valence electrons. The predicted octanol–water partition coefficient (Wildman–Crippen LogP) is 2.63. The first-order valence-corrected chi connectivity index (χ1v) is 4.55. The number of carbonyl (C=O) groups excluding carboxylic acids is 1. The van der Waals surface area contributed by atoms with Crippen molar-refractivity contribution in [2.24, 2.45) is 0 Å². The van der Waals surface area contributed by atoms with E-state index in [1.54, 1.807) is 11.0 Å². The molecule has 0 atom stereocenters. The van der Waals surface area contributed by atoms with Crippen molar-refractivity contribution in [3.63, 3.8) is 0 Å². The van der Waals surface area contributed by atoms with Gasteiger partial charge in [0, 0.05) is 17.3 Å². The second-order valence-corrected chi connectivity index (χ2v) is 3.26. The van der Waals surface area contributed by atoms with Crippen LogP contribution in [0.4, 0.5) is 5.69 Å². The first-order chi connectivity index (χ1) is 6.19. The van der Waals surface area contributed by atoms with Gasteiger partial charge >= 0.3 is 0 Å². The van der Waals surface area contributed by atoms with E-state index >= 15 is 0 Å². The molecule has 0 aliphatic heterocycles. The van der Waals surface area contributed by atoms with Crippen LogP contribution < -0.4 is 4.90 Å². The van der Waals surface area contributed by atoms with Gasteiger partial charge in [0.2, 0.25) is 6.41 Å². The van der Waals surface area contributed by atoms with Crippen LogP contribution in [-0.2, 0) is 4.79 Å². The Morgan fingerprint density at radius 3 is 2.77 bits per heavy atom. The third kappa shape index (κ3) is 2.22. The number of amides is 1. The zero-order chi connectivity index (χ0) is 9.84. The van der Waals surface area contributed by atoms with Crippen molar-refractivity contribution in [3.05, 3.63) is 28.8 Å². The summed E-state index contributed by atoms with van der Waals surface area (Å²) in [7, 11) is 0. The Hall–Kier alpha value is -1.02. The molecule has 0 N–H and O–H groups in total. The molecule has 0 aromatic heterocycles. The molecule has 0 saturated carbocycles. The molecular formula is C10H12ClNO. The van der Waals surface area contributed by atoms with Crippen molar-refractivity contribution < 1.29 is 4.79 Å². The highest BCUT2D eigenvalue weighted by molar-refractivity contribution is 6.30. The maximum Gasteiger partial charge on any atom is 0.214 e. The smallest absolute Gasteiger partial charge is 0.214 e. The lowest BCUT2D eigenvalue weighted by Crippen LogP contribution is -2.20. The van der Waals surface area contributed by atoms with Crippen molar-refractivity contribution in [2.75, 3.05) is 11.4 Å². The lowest BCUT2D eigenvalue weighted by Gasteiger charge is -2.17. The summed E-state index contributed by atoms with van der Waals surface area (Å²) >= 11 is 5.83. The van der Waals surface area contributed by atoms with E-state index in [4.69, 9.17) is 11.6 Å². The summed E-state index contributed by atoms with van der Waals surface area (Å²) in [6.45, 7) is 4.54. The minimum Gasteiger partial charge on any atom is -0.315 e. The molecule has 0 radical (unpaired) electrons. The molecule has 1 aromatic rings. The van der Waals surface area contributed by atoms with Crippen LogP contribution in [0.25, 0.3) is 0 Å². The van der Waals surface area contributed by atoms with E-state index in [0.717, 1.165) is 17.7 Å². The summed E-state index contributed by atoms with van der Waals surface area (Å²) < 4.78 is 0. The second kappa shape index (κ2) is 4.28. The highest BCUT2D eigenvalue weighted by Gasteiger charge is 2.05. The molecule has 0 aliphatic carbocycles. The molecule has 1 rings (SSSR count). The minimum absolute atomic E-state index is 0.654. The topological polar surface area (TPSA) is 20.3 Å². The van der Waals surface area contributed by atoms with E-state index in [1.807, 2.05) is 26.0 Å². The van der Waals surface area contributed by atoms with Crippen LogP contribution in [0.5, 0.6) is 0 Å². The number of benzene rings is 1. The van der Waals surface area contributed by atoms with Crippen molar-refractivity contribution in [3.8, 4) is 0 Å². The van der Waals surface area contributed by atoms with Gasteiger partial charge in [-0.1, -0.05) is 17.7 Å². The van der Waals surface area contributed by atoms with Gasteiger partial charge in [-0.2, -0.15) is 0 Å². The fourth-order valence-corrected chi connectivity index (χ4v) is 1.36. The molecule has 0 heterocycles. The van der Waals surface area contributed by atoms with E-state index in [2.05, 4.69) is 0 Å². The minimum atomic E-state index is 0.654. The number of halogens is 1. The molecule has 0 saturated heterocycles. The number of nitrogens with zero attached hydrogens (tertiary/aromatic N) is 1. The van der Waals surface area contributed by atoms with Crippen LogP contribution in [0.1, 0.15) is 12.5 Å². The Morgan fingerprint density at radius 1 is 1.54 bits per heavy atom. The van der Waals surface area contributed by atoms with E-state index in [-0.39, 0.29) is 0 Å². The predicted molar refractivity (Wildman–Crippen MR) is 55.3 cm³/mol. The van der Waals surface area contributed by atoms with Gasteiger partial charge in [-0.3, -0.25) is 4.79 Å². The molecule has 1 amide bonds. The molecule has 0 fully saturated rings. The van der Waals surface area contributed by atoms with E-state index in [0.29, 0.717) is 11.6 Å². The molecule has 0 aliphatic rings. The van der Waals surface area contributed by atoms with Crippen molar-refractivity contribution in [2.45, 2.75) is 13.8 Å². The molecule has 3 heteroatoms. The Balaban J connectivity index is 3.10. The van der Waals surface area contributed by atoms with Crippen LogP contribution in [0.2, 0.25) is 5.02 Å². The summed E-state index contributed by atoms with van der Waals surface area (Å²) in [5.41, 5.74) is 1.93. The van der Waals surface area contributed by atoms with Crippen molar-refractivity contribution >= 4 is 23.7 Å². The Morgan fingerprint density at radius 2 is 2.23 bits per heavy atom. The number of aryl methyl sites for hydroxylation is 1. The molecule has 0 spiro atoms. The van der Waals surface area contributed by atoms with Gasteiger partial charge in [0.15, 0.2) is 0 Å². The molecule has 0 bridgehead atoms. The molecular weight excluding hydrogens is 186 g/mol. The largest absolute Gasteiger partial charge is 0.315 e. The molecule has 13 heavy (non-hydrogen) atoms. The van der Waals surface area contributed by atoms with Crippen LogP contribution in [-0.4, -0.2) is 13.0 Å². The van der Waals surface area contributed by atoms with Crippen LogP contribution in [0, 0.1) is 6.92 Å². The number of carbonyl (C=O) groups is 1. The van der Waals surface area contributed by atoms with Crippen LogP contribution >= 0.6 is 11.6 Å². The first-order valence-electron chi connectivity index (χ1n) is 4.17. The maximum absolute atomic E-state index is 10.7. The first kappa shape index (κ1) is 10.1. The monoisotopic (exact) mass is 197 g/mol. The summed E-state index contributed by atoms with van der Waals surface area (Å²) in [6, 6.07) is 5.53. The number of hydrogen-bond acceptors (Lipinski definition) is 1. The lowest BCUT2D eigenvalue weighted by molar-refractivity contribution is -0.107. The van der Waals surface area contributed by atoms with Crippen molar-refractivity contribution in [1.82, 2.24) is 0 Å². The van der Waals surface area contributed by atoms with Gasteiger partial charge in [-0.05, 0) is 31.5 Å². The van der Waals surface area contributed by atoms with Crippen LogP contribution in [0.3, 0.4) is 0 Å². The second-order valence-electron chi connectivity index (χ2n) is 2.82. The fourth-order valence-electron chi connectivity index (χ4n) is 1.19. The average Bonchev–Trinajstić information content (AvgIpc) is 2.13. The van der Waals surface area contributed by atoms with Gasteiger partial charge in [0.05, 0.1) is 0 Å². The van der Waals surface area contributed by atoms with E-state index in [9.17, 15) is 4.79 Å². The third-order valence-electron chi connectivity index (χ3n) is 1.95. The van der Waals surface area contributed by atoms with Crippen LogP contribution in [0.15, 0.2) is 18.2 Å². The number of rotatable bonds is 3. The van der Waals surface area contributed by atoms with Gasteiger partial charge in [-0.25, -0.2) is 0 Å². The Kier molecular flexibility index (Phi) is 3.32. The third-order valence-corrected chi connectivity index (χ3v) is 2.18. The normalized spacial score (nSPS) is 9.77. The molecule has 1 aromatic carbocycles. The maximum atomic E-state index is 10.7. The Bertz CT molecular complexity index is 312. The highest BCUT2D eigenvalue weighted by Crippen LogP contribution is 2.22.